The Kier molecular flexibility index (Phi) is 3.25. The molecule has 1 fully saturated rings. The Morgan fingerprint density at radius 1 is 1.44 bits per heavy atom. The van der Waals surface area contributed by atoms with Crippen molar-refractivity contribution in [2.45, 2.75) is 25.4 Å². The molecule has 3 nitrogen and oxygen atoms in total. The van der Waals surface area contributed by atoms with Crippen LogP contribution in [0.2, 0.25) is 0 Å². The maximum absolute atomic E-state index is 11.6. The van der Waals surface area contributed by atoms with Gasteiger partial charge in [-0.2, -0.15) is 0 Å². The van der Waals surface area contributed by atoms with Crippen LogP contribution in [-0.2, 0) is 20.7 Å². The molecule has 1 atom stereocenters. The number of epoxide rings is 1. The van der Waals surface area contributed by atoms with Gasteiger partial charge in [0.05, 0.1) is 13.2 Å². The number of aryl methyl sites for hydroxylation is 1. The van der Waals surface area contributed by atoms with Crippen molar-refractivity contribution < 1.29 is 14.3 Å². The topological polar surface area (TPSA) is 38.8 Å². The van der Waals surface area contributed by atoms with Crippen molar-refractivity contribution in [1.82, 2.24) is 0 Å². The van der Waals surface area contributed by atoms with Crippen LogP contribution in [0, 0.1) is 0 Å². The molecule has 3 heteroatoms. The highest BCUT2D eigenvalue weighted by atomic mass is 16.6. The van der Waals surface area contributed by atoms with E-state index in [0.717, 1.165) is 6.42 Å². The largest absolute Gasteiger partial charge is 0.464 e. The number of esters is 1. The second-order valence-electron chi connectivity index (χ2n) is 3.99. The molecule has 0 amide bonds. The fourth-order valence-corrected chi connectivity index (χ4v) is 1.70. The van der Waals surface area contributed by atoms with E-state index in [1.165, 1.54) is 5.56 Å². The third-order valence-electron chi connectivity index (χ3n) is 2.80. The van der Waals surface area contributed by atoms with Crippen molar-refractivity contribution in [3.63, 3.8) is 0 Å². The Morgan fingerprint density at radius 2 is 2.12 bits per heavy atom. The SMILES string of the molecule is CCOC(=O)[C@@]1(CCc2ccccc2)CO1. The van der Waals surface area contributed by atoms with E-state index in [1.54, 1.807) is 0 Å². The zero-order valence-corrected chi connectivity index (χ0v) is 9.44. The van der Waals surface area contributed by atoms with E-state index in [2.05, 4.69) is 12.1 Å². The summed E-state index contributed by atoms with van der Waals surface area (Å²) in [4.78, 5) is 11.6. The zero-order valence-electron chi connectivity index (χ0n) is 9.44. The monoisotopic (exact) mass is 220 g/mol. The molecule has 2 rings (SSSR count). The smallest absolute Gasteiger partial charge is 0.340 e. The second kappa shape index (κ2) is 4.66. The first-order valence-corrected chi connectivity index (χ1v) is 5.62. The molecule has 1 aliphatic heterocycles. The molecule has 0 N–H and O–H groups in total. The van der Waals surface area contributed by atoms with Crippen LogP contribution in [0.3, 0.4) is 0 Å². The lowest BCUT2D eigenvalue weighted by Crippen LogP contribution is -2.27. The standard InChI is InChI=1S/C13H16O3/c1-2-15-12(14)13(10-16-13)9-8-11-6-4-3-5-7-11/h3-7H,2,8-10H2,1H3/t13-/m1/s1. The van der Waals surface area contributed by atoms with Crippen LogP contribution in [0.1, 0.15) is 18.9 Å². The summed E-state index contributed by atoms with van der Waals surface area (Å²) in [6.45, 7) is 2.72. The lowest BCUT2D eigenvalue weighted by atomic mass is 10.0. The van der Waals surface area contributed by atoms with Crippen molar-refractivity contribution in [2.24, 2.45) is 0 Å². The Hall–Kier alpha value is -1.35. The summed E-state index contributed by atoms with van der Waals surface area (Å²) in [7, 11) is 0. The summed E-state index contributed by atoms with van der Waals surface area (Å²) < 4.78 is 10.3. The molecule has 1 aromatic rings. The number of benzene rings is 1. The summed E-state index contributed by atoms with van der Waals surface area (Å²) in [6, 6.07) is 10.1. The maximum atomic E-state index is 11.6. The first kappa shape index (κ1) is 11.1. The van der Waals surface area contributed by atoms with Gasteiger partial charge < -0.3 is 9.47 Å². The second-order valence-corrected chi connectivity index (χ2v) is 3.99. The molecule has 0 aromatic heterocycles. The van der Waals surface area contributed by atoms with Crippen molar-refractivity contribution in [1.29, 1.82) is 0 Å². The van der Waals surface area contributed by atoms with Gasteiger partial charge in [-0.1, -0.05) is 30.3 Å². The molecular weight excluding hydrogens is 204 g/mol. The lowest BCUT2D eigenvalue weighted by molar-refractivity contribution is -0.149. The lowest BCUT2D eigenvalue weighted by Gasteiger charge is -2.10. The number of carbonyl (C=O) groups excluding carboxylic acids is 1. The van der Waals surface area contributed by atoms with Crippen molar-refractivity contribution in [3.05, 3.63) is 35.9 Å². The minimum absolute atomic E-state index is 0.217. The van der Waals surface area contributed by atoms with E-state index in [1.807, 2.05) is 25.1 Å². The minimum atomic E-state index is -0.647. The average molecular weight is 220 g/mol. The minimum Gasteiger partial charge on any atom is -0.464 e. The van der Waals surface area contributed by atoms with E-state index < -0.39 is 5.60 Å². The van der Waals surface area contributed by atoms with Crippen LogP contribution in [-0.4, -0.2) is 24.8 Å². The van der Waals surface area contributed by atoms with Crippen molar-refractivity contribution >= 4 is 5.97 Å². The van der Waals surface area contributed by atoms with Gasteiger partial charge in [-0.15, -0.1) is 0 Å². The molecule has 16 heavy (non-hydrogen) atoms. The molecule has 0 unspecified atom stereocenters. The van der Waals surface area contributed by atoms with Crippen molar-refractivity contribution in [3.8, 4) is 0 Å². The Morgan fingerprint density at radius 3 is 2.69 bits per heavy atom. The molecule has 0 radical (unpaired) electrons. The highest BCUT2D eigenvalue weighted by Crippen LogP contribution is 2.33. The molecule has 1 aliphatic rings. The molecule has 86 valence electrons. The van der Waals surface area contributed by atoms with E-state index in [0.29, 0.717) is 19.6 Å². The van der Waals surface area contributed by atoms with Crippen LogP contribution in [0.25, 0.3) is 0 Å². The summed E-state index contributed by atoms with van der Waals surface area (Å²) in [5.74, 6) is -0.217. The quantitative estimate of drug-likeness (QED) is 0.562. The number of hydrogen-bond donors (Lipinski definition) is 0. The average Bonchev–Trinajstić information content (AvgIpc) is 3.09. The van der Waals surface area contributed by atoms with Gasteiger partial charge in [0.2, 0.25) is 0 Å². The van der Waals surface area contributed by atoms with Crippen LogP contribution in [0.4, 0.5) is 0 Å². The molecule has 1 heterocycles. The Balaban J connectivity index is 1.88. The first-order valence-electron chi connectivity index (χ1n) is 5.62. The summed E-state index contributed by atoms with van der Waals surface area (Å²) in [6.07, 6.45) is 1.55. The molecule has 0 spiro atoms. The number of rotatable bonds is 5. The van der Waals surface area contributed by atoms with Crippen LogP contribution in [0.15, 0.2) is 30.3 Å². The Bertz CT molecular complexity index is 355. The van der Waals surface area contributed by atoms with Crippen LogP contribution >= 0.6 is 0 Å². The van der Waals surface area contributed by atoms with Gasteiger partial charge in [-0.3, -0.25) is 0 Å². The van der Waals surface area contributed by atoms with Crippen molar-refractivity contribution in [2.75, 3.05) is 13.2 Å². The van der Waals surface area contributed by atoms with E-state index in [-0.39, 0.29) is 5.97 Å². The normalized spacial score (nSPS) is 22.8. The molecule has 1 aromatic carbocycles. The maximum Gasteiger partial charge on any atom is 0.340 e. The molecule has 0 aliphatic carbocycles. The predicted octanol–water partition coefficient (Wildman–Crippen LogP) is 1.95. The number of carbonyl (C=O) groups is 1. The van der Waals surface area contributed by atoms with Gasteiger partial charge in [-0.05, 0) is 25.3 Å². The highest BCUT2D eigenvalue weighted by molar-refractivity contribution is 5.82. The summed E-state index contributed by atoms with van der Waals surface area (Å²) in [5.41, 5.74) is 0.577. The fourth-order valence-electron chi connectivity index (χ4n) is 1.70. The summed E-state index contributed by atoms with van der Waals surface area (Å²) in [5, 5.41) is 0. The molecule has 1 saturated heterocycles. The molecule has 0 bridgehead atoms. The van der Waals surface area contributed by atoms with Gasteiger partial charge in [0.1, 0.15) is 0 Å². The van der Waals surface area contributed by atoms with Gasteiger partial charge in [0.25, 0.3) is 0 Å². The third kappa shape index (κ3) is 2.42. The highest BCUT2D eigenvalue weighted by Gasteiger charge is 2.53. The predicted molar refractivity (Wildman–Crippen MR) is 60.1 cm³/mol. The third-order valence-corrected chi connectivity index (χ3v) is 2.80. The van der Waals surface area contributed by atoms with Gasteiger partial charge in [0.15, 0.2) is 5.60 Å². The number of ether oxygens (including phenoxy) is 2. The van der Waals surface area contributed by atoms with E-state index >= 15 is 0 Å². The van der Waals surface area contributed by atoms with Gasteiger partial charge in [0, 0.05) is 0 Å². The van der Waals surface area contributed by atoms with E-state index in [4.69, 9.17) is 9.47 Å². The fraction of sp³-hybridized carbons (Fsp3) is 0.462. The number of hydrogen-bond acceptors (Lipinski definition) is 3. The van der Waals surface area contributed by atoms with Gasteiger partial charge in [-0.25, -0.2) is 4.79 Å². The van der Waals surface area contributed by atoms with Gasteiger partial charge >= 0.3 is 5.97 Å². The summed E-state index contributed by atoms with van der Waals surface area (Å²) >= 11 is 0. The Labute approximate surface area is 95.4 Å². The van der Waals surface area contributed by atoms with Crippen LogP contribution in [0.5, 0.6) is 0 Å². The molecular formula is C13H16O3. The van der Waals surface area contributed by atoms with Crippen LogP contribution < -0.4 is 0 Å². The first-order chi connectivity index (χ1) is 7.77. The van der Waals surface area contributed by atoms with E-state index in [9.17, 15) is 4.79 Å². The molecule has 0 saturated carbocycles. The zero-order chi connectivity index (χ0) is 11.4.